The Hall–Kier alpha value is -1.68. The Morgan fingerprint density at radius 1 is 1.19 bits per heavy atom. The minimum absolute atomic E-state index is 0.00932. The zero-order chi connectivity index (χ0) is 15.3. The van der Waals surface area contributed by atoms with Crippen LogP contribution in [0.4, 0.5) is 5.69 Å². The SMILES string of the molecule is CC(C)(C)c1ccc(NC(=O)CSCc2ccco2)cc1. The van der Waals surface area contributed by atoms with Crippen LogP contribution in [-0.2, 0) is 16.0 Å². The van der Waals surface area contributed by atoms with Crippen LogP contribution in [0.15, 0.2) is 47.1 Å². The molecule has 21 heavy (non-hydrogen) atoms. The lowest BCUT2D eigenvalue weighted by Crippen LogP contribution is -2.15. The molecular formula is C17H21NO2S. The zero-order valence-corrected chi connectivity index (χ0v) is 13.5. The predicted octanol–water partition coefficient (Wildman–Crippen LogP) is 4.45. The second-order valence-electron chi connectivity index (χ2n) is 5.95. The van der Waals surface area contributed by atoms with Gasteiger partial charge < -0.3 is 9.73 Å². The van der Waals surface area contributed by atoms with Crippen molar-refractivity contribution < 1.29 is 9.21 Å². The summed E-state index contributed by atoms with van der Waals surface area (Å²) in [5, 5.41) is 2.91. The van der Waals surface area contributed by atoms with Gasteiger partial charge in [0.15, 0.2) is 0 Å². The molecule has 2 rings (SSSR count). The summed E-state index contributed by atoms with van der Waals surface area (Å²) in [6, 6.07) is 11.8. The Balaban J connectivity index is 1.79. The van der Waals surface area contributed by atoms with Gasteiger partial charge in [-0.1, -0.05) is 32.9 Å². The Labute approximate surface area is 130 Å². The molecule has 112 valence electrons. The largest absolute Gasteiger partial charge is 0.468 e. The first-order chi connectivity index (χ1) is 9.95. The third-order valence-electron chi connectivity index (χ3n) is 3.09. The molecule has 1 heterocycles. The van der Waals surface area contributed by atoms with Gasteiger partial charge >= 0.3 is 0 Å². The molecule has 0 aliphatic heterocycles. The van der Waals surface area contributed by atoms with Crippen LogP contribution in [-0.4, -0.2) is 11.7 Å². The van der Waals surface area contributed by atoms with Gasteiger partial charge in [0.2, 0.25) is 5.91 Å². The molecule has 2 aromatic rings. The lowest BCUT2D eigenvalue weighted by atomic mass is 9.87. The fourth-order valence-electron chi connectivity index (χ4n) is 1.89. The number of thioether (sulfide) groups is 1. The molecule has 0 spiro atoms. The molecule has 0 radical (unpaired) electrons. The Bertz CT molecular complexity index is 568. The average Bonchev–Trinajstić information content (AvgIpc) is 2.91. The lowest BCUT2D eigenvalue weighted by molar-refractivity contribution is -0.113. The topological polar surface area (TPSA) is 42.2 Å². The third kappa shape index (κ3) is 4.97. The Morgan fingerprint density at radius 3 is 2.48 bits per heavy atom. The minimum Gasteiger partial charge on any atom is -0.468 e. The van der Waals surface area contributed by atoms with Gasteiger partial charge in [-0.15, -0.1) is 11.8 Å². The van der Waals surface area contributed by atoms with E-state index < -0.39 is 0 Å². The summed E-state index contributed by atoms with van der Waals surface area (Å²) in [5.41, 5.74) is 2.22. The van der Waals surface area contributed by atoms with Crippen LogP contribution < -0.4 is 5.32 Å². The number of carbonyl (C=O) groups is 1. The molecule has 0 bridgehead atoms. The van der Waals surface area contributed by atoms with Crippen molar-refractivity contribution in [2.45, 2.75) is 31.9 Å². The maximum atomic E-state index is 11.9. The molecule has 1 aromatic carbocycles. The van der Waals surface area contributed by atoms with Crippen molar-refractivity contribution in [1.29, 1.82) is 0 Å². The van der Waals surface area contributed by atoms with E-state index in [1.807, 2.05) is 24.3 Å². The number of anilines is 1. The number of carbonyl (C=O) groups excluding carboxylic acids is 1. The van der Waals surface area contributed by atoms with Gasteiger partial charge in [0, 0.05) is 5.69 Å². The molecule has 1 amide bonds. The van der Waals surface area contributed by atoms with Gasteiger partial charge in [-0.05, 0) is 35.2 Å². The van der Waals surface area contributed by atoms with Crippen molar-refractivity contribution in [3.8, 4) is 0 Å². The summed E-state index contributed by atoms with van der Waals surface area (Å²) in [6.45, 7) is 6.52. The van der Waals surface area contributed by atoms with Crippen LogP contribution in [0, 0.1) is 0 Å². The highest BCUT2D eigenvalue weighted by atomic mass is 32.2. The molecule has 0 aliphatic rings. The summed E-state index contributed by atoms with van der Waals surface area (Å²) in [7, 11) is 0. The summed E-state index contributed by atoms with van der Waals surface area (Å²) >= 11 is 1.54. The number of benzene rings is 1. The maximum Gasteiger partial charge on any atom is 0.234 e. The second kappa shape index (κ2) is 6.85. The van der Waals surface area contributed by atoms with Gasteiger partial charge in [-0.2, -0.15) is 0 Å². The molecule has 0 saturated heterocycles. The monoisotopic (exact) mass is 303 g/mol. The number of hydrogen-bond donors (Lipinski definition) is 1. The van der Waals surface area contributed by atoms with E-state index in [2.05, 4.69) is 38.2 Å². The van der Waals surface area contributed by atoms with Crippen molar-refractivity contribution in [2.75, 3.05) is 11.1 Å². The molecule has 0 atom stereocenters. The van der Waals surface area contributed by atoms with E-state index in [9.17, 15) is 4.79 Å². The van der Waals surface area contributed by atoms with Crippen molar-refractivity contribution in [3.05, 3.63) is 54.0 Å². The van der Waals surface area contributed by atoms with E-state index in [1.54, 1.807) is 6.26 Å². The molecule has 0 aliphatic carbocycles. The van der Waals surface area contributed by atoms with E-state index in [1.165, 1.54) is 17.3 Å². The standard InChI is InChI=1S/C17H21NO2S/c1-17(2,3)13-6-8-14(9-7-13)18-16(19)12-21-11-15-5-4-10-20-15/h4-10H,11-12H2,1-3H3,(H,18,19). The molecule has 0 unspecified atom stereocenters. The summed E-state index contributed by atoms with van der Waals surface area (Å²) < 4.78 is 5.23. The first-order valence-corrected chi connectivity index (χ1v) is 8.11. The summed E-state index contributed by atoms with van der Waals surface area (Å²) in [4.78, 5) is 11.9. The number of furan rings is 1. The summed E-state index contributed by atoms with van der Waals surface area (Å²) in [5.74, 6) is 2.03. The van der Waals surface area contributed by atoms with Crippen molar-refractivity contribution in [1.82, 2.24) is 0 Å². The fourth-order valence-corrected chi connectivity index (χ4v) is 2.61. The molecule has 4 heteroatoms. The van der Waals surface area contributed by atoms with Crippen LogP contribution in [0.25, 0.3) is 0 Å². The number of rotatable bonds is 5. The molecule has 1 aromatic heterocycles. The summed E-state index contributed by atoms with van der Waals surface area (Å²) in [6.07, 6.45) is 1.65. The second-order valence-corrected chi connectivity index (χ2v) is 6.93. The lowest BCUT2D eigenvalue weighted by Gasteiger charge is -2.19. The molecule has 1 N–H and O–H groups in total. The smallest absolute Gasteiger partial charge is 0.234 e. The zero-order valence-electron chi connectivity index (χ0n) is 12.7. The van der Waals surface area contributed by atoms with Gasteiger partial charge in [-0.3, -0.25) is 4.79 Å². The first-order valence-electron chi connectivity index (χ1n) is 6.96. The normalized spacial score (nSPS) is 11.4. The number of hydrogen-bond acceptors (Lipinski definition) is 3. The Kier molecular flexibility index (Phi) is 5.12. The highest BCUT2D eigenvalue weighted by Crippen LogP contribution is 2.23. The first kappa shape index (κ1) is 15.7. The van der Waals surface area contributed by atoms with Crippen molar-refractivity contribution in [2.24, 2.45) is 0 Å². The van der Waals surface area contributed by atoms with E-state index in [4.69, 9.17) is 4.42 Å². The molecule has 0 fully saturated rings. The van der Waals surface area contributed by atoms with Gasteiger partial charge in [-0.25, -0.2) is 0 Å². The fraction of sp³-hybridized carbons (Fsp3) is 0.353. The number of nitrogens with one attached hydrogen (secondary N) is 1. The van der Waals surface area contributed by atoms with Crippen molar-refractivity contribution >= 4 is 23.4 Å². The van der Waals surface area contributed by atoms with Gasteiger partial charge in [0.05, 0.1) is 17.8 Å². The van der Waals surface area contributed by atoms with Gasteiger partial charge in [0.25, 0.3) is 0 Å². The van der Waals surface area contributed by atoms with Crippen LogP contribution in [0.3, 0.4) is 0 Å². The van der Waals surface area contributed by atoms with Crippen molar-refractivity contribution in [3.63, 3.8) is 0 Å². The van der Waals surface area contributed by atoms with E-state index in [-0.39, 0.29) is 11.3 Å². The third-order valence-corrected chi connectivity index (χ3v) is 4.05. The molecule has 3 nitrogen and oxygen atoms in total. The van der Waals surface area contributed by atoms with Crippen LogP contribution in [0.1, 0.15) is 32.1 Å². The molecule has 0 saturated carbocycles. The van der Waals surface area contributed by atoms with E-state index >= 15 is 0 Å². The predicted molar refractivity (Wildman–Crippen MR) is 88.6 cm³/mol. The van der Waals surface area contributed by atoms with Crippen LogP contribution in [0.2, 0.25) is 0 Å². The minimum atomic E-state index is 0.00932. The van der Waals surface area contributed by atoms with Crippen LogP contribution >= 0.6 is 11.8 Å². The number of amides is 1. The molecular weight excluding hydrogens is 282 g/mol. The Morgan fingerprint density at radius 2 is 1.90 bits per heavy atom. The van der Waals surface area contributed by atoms with Gasteiger partial charge in [0.1, 0.15) is 5.76 Å². The quantitative estimate of drug-likeness (QED) is 0.887. The average molecular weight is 303 g/mol. The van der Waals surface area contributed by atoms with Crippen LogP contribution in [0.5, 0.6) is 0 Å². The van der Waals surface area contributed by atoms with E-state index in [0.29, 0.717) is 11.5 Å². The van der Waals surface area contributed by atoms with E-state index in [0.717, 1.165) is 11.4 Å². The highest BCUT2D eigenvalue weighted by molar-refractivity contribution is 7.99. The highest BCUT2D eigenvalue weighted by Gasteiger charge is 2.13. The maximum absolute atomic E-state index is 11.9.